The van der Waals surface area contributed by atoms with E-state index in [-0.39, 0.29) is 42.4 Å². The fourth-order valence-electron chi connectivity index (χ4n) is 1.74. The van der Waals surface area contributed by atoms with Gasteiger partial charge in [0, 0.05) is 0 Å². The summed E-state index contributed by atoms with van der Waals surface area (Å²) in [6.45, 7) is 2.11. The number of aromatic nitrogens is 1. The van der Waals surface area contributed by atoms with Crippen LogP contribution in [0.4, 0.5) is 0 Å². The molecular formula is C15H14I3NOS-2. The van der Waals surface area contributed by atoms with Crippen molar-refractivity contribution in [3.8, 4) is 0 Å². The molecule has 3 rings (SSSR count). The molecular weight excluding hydrogens is 623 g/mol. The van der Waals surface area contributed by atoms with Gasteiger partial charge in [-0.1, -0.05) is 0 Å². The third-order valence-corrected chi connectivity index (χ3v) is 10.3. The van der Waals surface area contributed by atoms with Gasteiger partial charge in [-0.2, -0.15) is 0 Å². The number of furan rings is 1. The predicted octanol–water partition coefficient (Wildman–Crippen LogP) is -1.50. The number of halogens is 3. The molecule has 0 spiro atoms. The number of aryl methyl sites for hydroxylation is 1. The maximum atomic E-state index is 6.01. The summed E-state index contributed by atoms with van der Waals surface area (Å²) in [5.41, 5.74) is 1.25. The van der Waals surface area contributed by atoms with Crippen LogP contribution in [0.3, 0.4) is 0 Å². The maximum absolute atomic E-state index is 6.01. The molecule has 1 N–H and O–H groups in total. The van der Waals surface area contributed by atoms with Gasteiger partial charge in [0.25, 0.3) is 0 Å². The number of alkyl halides is 2. The van der Waals surface area contributed by atoms with Crippen molar-refractivity contribution in [1.29, 1.82) is 0 Å². The summed E-state index contributed by atoms with van der Waals surface area (Å²) in [4.78, 5) is 4.90. The van der Waals surface area contributed by atoms with Gasteiger partial charge in [0.05, 0.1) is 0 Å². The van der Waals surface area contributed by atoms with E-state index in [0.29, 0.717) is 0 Å². The first-order valence-corrected chi connectivity index (χ1v) is 13.5. The Bertz CT molecular complexity index is 657. The normalized spacial score (nSPS) is 11.5. The molecule has 0 fully saturated rings. The molecule has 0 saturated heterocycles. The van der Waals surface area contributed by atoms with Crippen molar-refractivity contribution < 1.29 is 46.8 Å². The van der Waals surface area contributed by atoms with E-state index in [4.69, 9.17) is 4.42 Å². The van der Waals surface area contributed by atoms with Crippen LogP contribution in [0.1, 0.15) is 16.3 Å². The number of aromatic amines is 1. The number of rotatable bonds is 6. The Kier molecular flexibility index (Phi) is 6.08. The van der Waals surface area contributed by atoms with E-state index >= 15 is 0 Å². The Hall–Kier alpha value is 0.450. The molecule has 0 saturated carbocycles. The second-order valence-corrected chi connectivity index (χ2v) is 12.8. The van der Waals surface area contributed by atoms with E-state index in [2.05, 4.69) is 70.9 Å². The number of hydrogen-bond donors (Lipinski definition) is 1. The Morgan fingerprint density at radius 2 is 2.00 bits per heavy atom. The van der Waals surface area contributed by atoms with Crippen LogP contribution in [-0.2, 0) is 8.86 Å². The molecule has 0 unspecified atom stereocenters. The van der Waals surface area contributed by atoms with Gasteiger partial charge in [-0.15, -0.1) is 0 Å². The Labute approximate surface area is 162 Å². The van der Waals surface area contributed by atoms with E-state index < -0.39 is 0 Å². The molecule has 3 aromatic rings. The van der Waals surface area contributed by atoms with E-state index in [1.807, 2.05) is 11.3 Å². The van der Waals surface area contributed by atoms with Crippen molar-refractivity contribution in [2.45, 2.75) is 15.8 Å². The van der Waals surface area contributed by atoms with E-state index in [9.17, 15) is 0 Å². The third-order valence-electron chi connectivity index (χ3n) is 2.73. The second kappa shape index (κ2) is 7.82. The molecule has 0 bridgehead atoms. The van der Waals surface area contributed by atoms with Crippen LogP contribution in [0.2, 0.25) is 0 Å². The molecule has 2 nitrogen and oxygen atoms in total. The first-order valence-electron chi connectivity index (χ1n) is 6.36. The molecule has 114 valence electrons. The predicted molar refractivity (Wildman–Crippen MR) is 86.1 cm³/mol. The summed E-state index contributed by atoms with van der Waals surface area (Å²) in [6, 6.07) is 13.2. The van der Waals surface area contributed by atoms with Gasteiger partial charge in [0.15, 0.2) is 0 Å². The second-order valence-electron chi connectivity index (χ2n) is 4.44. The zero-order valence-corrected chi connectivity index (χ0v) is 18.6. The molecule has 0 radical (unpaired) electrons. The fourth-order valence-corrected chi connectivity index (χ4v) is 8.30. The van der Waals surface area contributed by atoms with E-state index in [1.165, 1.54) is 25.4 Å². The van der Waals surface area contributed by atoms with Gasteiger partial charge < -0.3 is 0 Å². The van der Waals surface area contributed by atoms with E-state index in [0.717, 1.165) is 10.2 Å². The Morgan fingerprint density at radius 1 is 1.10 bits per heavy atom. The minimum absolute atomic E-state index is 0.00474. The zero-order valence-electron chi connectivity index (χ0n) is 11.3. The molecule has 0 aromatic carbocycles. The van der Waals surface area contributed by atoms with Crippen molar-refractivity contribution in [2.75, 3.05) is 0 Å². The summed E-state index contributed by atoms with van der Waals surface area (Å²) < 4.78 is 12.3. The molecule has 0 atom stereocenters. The van der Waals surface area contributed by atoms with Gasteiger partial charge in [0.1, 0.15) is 0 Å². The van der Waals surface area contributed by atoms with Gasteiger partial charge in [-0.25, -0.2) is 0 Å². The molecule has 0 amide bonds. The molecule has 0 aliphatic rings. The quantitative estimate of drug-likeness (QED) is 0.259. The number of hydrogen-bond acceptors (Lipinski definition) is 2. The first-order chi connectivity index (χ1) is 10.2. The summed E-state index contributed by atoms with van der Waals surface area (Å²) in [5.74, 6) is 1.16. The van der Waals surface area contributed by atoms with Crippen LogP contribution in [0, 0.1) is 17.3 Å². The molecule has 0 aliphatic heterocycles. The molecule has 3 aromatic heterocycles. The summed E-state index contributed by atoms with van der Waals surface area (Å²) >= 11 is 4.24. The minimum atomic E-state index is -0.0354. The van der Waals surface area contributed by atoms with Crippen molar-refractivity contribution in [1.82, 2.24) is 4.98 Å². The molecule has 6 heteroatoms. The van der Waals surface area contributed by atoms with Gasteiger partial charge in [-0.05, 0) is 0 Å². The molecule has 21 heavy (non-hydrogen) atoms. The number of H-pyrrole nitrogens is 1. The monoisotopic (exact) mass is 637 g/mol. The number of nitrogens with one attached hydrogen (secondary N) is 1. The van der Waals surface area contributed by atoms with Crippen molar-refractivity contribution >= 4 is 33.9 Å². The zero-order chi connectivity index (χ0) is 14.7. The third kappa shape index (κ3) is 4.96. The summed E-state index contributed by atoms with van der Waals surface area (Å²) in [5, 5.41) is 0. The first kappa shape index (κ1) is 16.3. The van der Waals surface area contributed by atoms with Gasteiger partial charge in [-0.3, -0.25) is 0 Å². The Balaban J connectivity index is 1.51. The SMILES string of the molecule is Cc1ccc([I-]Cc2ccc([I-]Cc3ccc(I)s3)o2)[nH]1. The van der Waals surface area contributed by atoms with Gasteiger partial charge >= 0.3 is 165 Å². The average Bonchev–Trinajstić information content (AvgIpc) is 3.16. The van der Waals surface area contributed by atoms with Crippen LogP contribution in [0.15, 0.2) is 40.8 Å². The van der Waals surface area contributed by atoms with E-state index in [1.54, 1.807) is 0 Å². The van der Waals surface area contributed by atoms with Crippen molar-refractivity contribution in [3.63, 3.8) is 0 Å². The summed E-state index contributed by atoms with van der Waals surface area (Å²) in [6.07, 6.45) is 0. The molecule has 0 aliphatic carbocycles. The summed E-state index contributed by atoms with van der Waals surface area (Å²) in [7, 11) is 0. The van der Waals surface area contributed by atoms with Crippen molar-refractivity contribution in [2.24, 2.45) is 0 Å². The fraction of sp³-hybridized carbons (Fsp3) is 0.200. The Morgan fingerprint density at radius 3 is 2.71 bits per heavy atom. The van der Waals surface area contributed by atoms with Crippen LogP contribution < -0.4 is 42.4 Å². The average molecular weight is 637 g/mol. The van der Waals surface area contributed by atoms with Crippen LogP contribution in [0.25, 0.3) is 0 Å². The van der Waals surface area contributed by atoms with Crippen molar-refractivity contribution in [3.05, 3.63) is 63.1 Å². The van der Waals surface area contributed by atoms with Crippen LogP contribution in [-0.4, -0.2) is 4.98 Å². The standard InChI is InChI=1S/C15H14I3NOS/c1-10-2-6-14(19-10)17-8-11-3-7-15(20-11)18-9-12-4-5-13(16)21-12/h2-7,19H,8-9H2,1H3/q-2. The molecule has 3 heterocycles. The van der Waals surface area contributed by atoms with Gasteiger partial charge in [0.2, 0.25) is 0 Å². The topological polar surface area (TPSA) is 28.9 Å². The van der Waals surface area contributed by atoms with Crippen LogP contribution >= 0.6 is 33.9 Å². The van der Waals surface area contributed by atoms with Crippen LogP contribution in [0.5, 0.6) is 0 Å². The number of thiophene rings is 1.